The number of amides is 2. The summed E-state index contributed by atoms with van der Waals surface area (Å²) in [5.74, 6) is 2.35. The number of rotatable bonds is 14. The minimum atomic E-state index is -3.37. The number of aromatic amines is 1. The quantitative estimate of drug-likeness (QED) is 0.394. The molecule has 2 amide bonds. The van der Waals surface area contributed by atoms with Crippen molar-refractivity contribution >= 4 is 21.7 Å². The van der Waals surface area contributed by atoms with E-state index in [1.165, 1.54) is 4.90 Å². The number of terminal acetylenes is 1. The molecule has 33 heavy (non-hydrogen) atoms. The van der Waals surface area contributed by atoms with E-state index < -0.39 is 21.5 Å². The Hall–Kier alpha value is -2.74. The zero-order valence-electron chi connectivity index (χ0n) is 19.2. The molecular weight excluding hydrogens is 444 g/mol. The minimum Gasteiger partial charge on any atom is -0.354 e. The number of nitrogens with zero attached hydrogens (tertiary/aromatic N) is 4. The SMILES string of the molecule is C#CCCC1(CCC(=O)N(CCS(C)(=O)=O)C(C(=O)NCC2CC2)c2ncc(CC)[nH]2)N=N1. The fourth-order valence-corrected chi connectivity index (χ4v) is 4.08. The topological polar surface area (TPSA) is 137 Å². The van der Waals surface area contributed by atoms with Gasteiger partial charge in [-0.15, -0.1) is 12.3 Å². The maximum absolute atomic E-state index is 13.3. The molecule has 2 aliphatic rings. The first-order valence-corrected chi connectivity index (χ1v) is 13.4. The van der Waals surface area contributed by atoms with E-state index in [-0.39, 0.29) is 30.5 Å². The monoisotopic (exact) mass is 476 g/mol. The molecular formula is C22H32N6O4S. The van der Waals surface area contributed by atoms with Gasteiger partial charge in [0.05, 0.1) is 5.75 Å². The smallest absolute Gasteiger partial charge is 0.250 e. The van der Waals surface area contributed by atoms with Gasteiger partial charge in [0.25, 0.3) is 5.91 Å². The highest BCUT2D eigenvalue weighted by Gasteiger charge is 2.41. The van der Waals surface area contributed by atoms with Crippen LogP contribution in [-0.2, 0) is 25.8 Å². The lowest BCUT2D eigenvalue weighted by atomic mass is 10.0. The minimum absolute atomic E-state index is 0.0646. The molecule has 0 radical (unpaired) electrons. The summed E-state index contributed by atoms with van der Waals surface area (Å²) < 4.78 is 23.8. The Bertz CT molecular complexity index is 1030. The highest BCUT2D eigenvalue weighted by Crippen LogP contribution is 2.38. The molecule has 1 fully saturated rings. The number of carbonyl (C=O) groups is 2. The lowest BCUT2D eigenvalue weighted by Gasteiger charge is -2.30. The third-order valence-electron chi connectivity index (χ3n) is 5.93. The third-order valence-corrected chi connectivity index (χ3v) is 6.85. The number of hydrogen-bond donors (Lipinski definition) is 2. The zero-order chi connectivity index (χ0) is 24.1. The number of nitrogens with one attached hydrogen (secondary N) is 2. The van der Waals surface area contributed by atoms with Crippen LogP contribution in [0.25, 0.3) is 0 Å². The van der Waals surface area contributed by atoms with E-state index in [4.69, 9.17) is 6.42 Å². The van der Waals surface area contributed by atoms with Gasteiger partial charge in [0.2, 0.25) is 5.91 Å². The summed E-state index contributed by atoms with van der Waals surface area (Å²) in [4.78, 5) is 35.3. The van der Waals surface area contributed by atoms with Gasteiger partial charge in [0.1, 0.15) is 15.7 Å². The first-order chi connectivity index (χ1) is 15.7. The van der Waals surface area contributed by atoms with E-state index in [0.717, 1.165) is 24.8 Å². The Morgan fingerprint density at radius 3 is 2.64 bits per heavy atom. The molecule has 11 heteroatoms. The summed E-state index contributed by atoms with van der Waals surface area (Å²) in [5, 5.41) is 11.0. The molecule has 0 bridgehead atoms. The molecule has 2 N–H and O–H groups in total. The van der Waals surface area contributed by atoms with Crippen LogP contribution in [0.1, 0.15) is 63.0 Å². The van der Waals surface area contributed by atoms with Crippen LogP contribution in [0.5, 0.6) is 0 Å². The maximum atomic E-state index is 13.3. The summed E-state index contributed by atoms with van der Waals surface area (Å²) in [6, 6.07) is -1.05. The van der Waals surface area contributed by atoms with Gasteiger partial charge in [-0.1, -0.05) is 6.92 Å². The number of imidazole rings is 1. The highest BCUT2D eigenvalue weighted by atomic mass is 32.2. The van der Waals surface area contributed by atoms with Crippen molar-refractivity contribution in [2.24, 2.45) is 16.1 Å². The summed E-state index contributed by atoms with van der Waals surface area (Å²) >= 11 is 0. The van der Waals surface area contributed by atoms with Crippen LogP contribution in [0, 0.1) is 18.3 Å². The van der Waals surface area contributed by atoms with Gasteiger partial charge in [-0.05, 0) is 25.2 Å². The van der Waals surface area contributed by atoms with Crippen molar-refractivity contribution in [1.82, 2.24) is 20.2 Å². The van der Waals surface area contributed by atoms with Crippen molar-refractivity contribution in [3.63, 3.8) is 0 Å². The molecule has 1 aliphatic heterocycles. The van der Waals surface area contributed by atoms with Gasteiger partial charge in [-0.25, -0.2) is 13.4 Å². The van der Waals surface area contributed by atoms with Gasteiger partial charge in [-0.2, -0.15) is 10.2 Å². The van der Waals surface area contributed by atoms with Gasteiger partial charge < -0.3 is 15.2 Å². The van der Waals surface area contributed by atoms with E-state index >= 15 is 0 Å². The molecule has 0 aromatic carbocycles. The van der Waals surface area contributed by atoms with Crippen molar-refractivity contribution in [2.75, 3.05) is 25.1 Å². The third kappa shape index (κ3) is 7.39. The maximum Gasteiger partial charge on any atom is 0.250 e. The van der Waals surface area contributed by atoms with Crippen LogP contribution in [-0.4, -0.2) is 65.9 Å². The Labute approximate surface area is 194 Å². The molecule has 180 valence electrons. The molecule has 1 aliphatic carbocycles. The van der Waals surface area contributed by atoms with Crippen LogP contribution in [0.2, 0.25) is 0 Å². The van der Waals surface area contributed by atoms with E-state index in [1.54, 1.807) is 6.20 Å². The van der Waals surface area contributed by atoms with Crippen LogP contribution in [0.15, 0.2) is 16.4 Å². The molecule has 0 saturated heterocycles. The summed E-state index contributed by atoms with van der Waals surface area (Å²) in [7, 11) is -3.37. The Morgan fingerprint density at radius 2 is 2.09 bits per heavy atom. The van der Waals surface area contributed by atoms with Crippen LogP contribution < -0.4 is 5.32 Å². The molecule has 1 atom stereocenters. The second-order valence-corrected chi connectivity index (χ2v) is 11.1. The van der Waals surface area contributed by atoms with E-state index in [9.17, 15) is 18.0 Å². The van der Waals surface area contributed by atoms with Crippen molar-refractivity contribution in [1.29, 1.82) is 0 Å². The number of hydrogen-bond acceptors (Lipinski definition) is 7. The van der Waals surface area contributed by atoms with E-state index in [0.29, 0.717) is 44.0 Å². The summed E-state index contributed by atoms with van der Waals surface area (Å²) in [6.45, 7) is 2.36. The second kappa shape index (κ2) is 10.5. The van der Waals surface area contributed by atoms with Crippen molar-refractivity contribution < 1.29 is 18.0 Å². The number of aromatic nitrogens is 2. The molecule has 3 rings (SSSR count). The van der Waals surface area contributed by atoms with E-state index in [2.05, 4.69) is 31.4 Å². The van der Waals surface area contributed by atoms with E-state index in [1.807, 2.05) is 6.92 Å². The molecule has 10 nitrogen and oxygen atoms in total. The van der Waals surface area contributed by atoms with Gasteiger partial charge in [-0.3, -0.25) is 9.59 Å². The highest BCUT2D eigenvalue weighted by molar-refractivity contribution is 7.90. The summed E-state index contributed by atoms with van der Waals surface area (Å²) in [6.07, 6.45) is 12.4. The lowest BCUT2D eigenvalue weighted by Crippen LogP contribution is -2.46. The van der Waals surface area contributed by atoms with Crippen molar-refractivity contribution in [3.05, 3.63) is 17.7 Å². The van der Waals surface area contributed by atoms with Gasteiger partial charge >= 0.3 is 0 Å². The van der Waals surface area contributed by atoms with Crippen molar-refractivity contribution in [2.45, 2.75) is 63.6 Å². The predicted molar refractivity (Wildman–Crippen MR) is 123 cm³/mol. The largest absolute Gasteiger partial charge is 0.354 e. The Kier molecular flexibility index (Phi) is 7.89. The standard InChI is InChI=1S/C22H32N6O4S/c1-4-6-10-22(26-27-22)11-9-18(29)28(12-13-33(3,31)32)19(20-23-15-17(5-2)25-20)21(30)24-14-16-7-8-16/h1,15-16,19H,5-14H2,2-3H3,(H,23,25)(H,24,30). The molecule has 0 spiro atoms. The average molecular weight is 477 g/mol. The molecule has 1 unspecified atom stereocenters. The summed E-state index contributed by atoms with van der Waals surface area (Å²) in [5.41, 5.74) is 0.179. The average Bonchev–Trinajstić information content (AvgIpc) is 3.70. The molecule has 1 aromatic rings. The number of H-pyrrole nitrogens is 1. The fraction of sp³-hybridized carbons (Fsp3) is 0.682. The first kappa shape index (κ1) is 24.9. The molecule has 1 aromatic heterocycles. The van der Waals surface area contributed by atoms with Crippen molar-refractivity contribution in [3.8, 4) is 12.3 Å². The van der Waals surface area contributed by atoms with Crippen LogP contribution >= 0.6 is 0 Å². The normalized spacial score (nSPS) is 17.2. The van der Waals surface area contributed by atoms with Gasteiger partial charge in [0, 0.05) is 56.9 Å². The van der Waals surface area contributed by atoms with Crippen LogP contribution in [0.4, 0.5) is 0 Å². The molecule has 2 heterocycles. The van der Waals surface area contributed by atoms with Crippen LogP contribution in [0.3, 0.4) is 0 Å². The molecule has 1 saturated carbocycles. The lowest BCUT2D eigenvalue weighted by molar-refractivity contribution is -0.141. The first-order valence-electron chi connectivity index (χ1n) is 11.3. The second-order valence-electron chi connectivity index (χ2n) is 8.84. The number of sulfone groups is 1. The van der Waals surface area contributed by atoms with Gasteiger partial charge in [0.15, 0.2) is 11.7 Å². The number of aryl methyl sites for hydroxylation is 1. The predicted octanol–water partition coefficient (Wildman–Crippen LogP) is 1.77. The fourth-order valence-electron chi connectivity index (χ4n) is 3.55. The Balaban J connectivity index is 1.81. The zero-order valence-corrected chi connectivity index (χ0v) is 20.0. The Morgan fingerprint density at radius 1 is 1.36 bits per heavy atom. The number of carbonyl (C=O) groups excluding carboxylic acids is 2.